The monoisotopic (exact) mass is 451 g/mol. The summed E-state index contributed by atoms with van der Waals surface area (Å²) < 4.78 is 1.66. The number of rotatable bonds is 6. The van der Waals surface area contributed by atoms with Crippen LogP contribution in [0, 0.1) is 5.92 Å². The number of carbonyl (C=O) groups is 2. The van der Waals surface area contributed by atoms with Crippen LogP contribution in [0.5, 0.6) is 0 Å². The Hall–Kier alpha value is -3.82. The molecule has 3 N–H and O–H groups in total. The number of aryl methyl sites for hydroxylation is 1. The number of benzene rings is 1. The highest BCUT2D eigenvalue weighted by Gasteiger charge is 2.30. The number of nitrogens with zero attached hydrogens (tertiary/aromatic N) is 4. The molecule has 0 spiro atoms. The van der Waals surface area contributed by atoms with Crippen molar-refractivity contribution in [3.8, 4) is 22.6 Å². The van der Waals surface area contributed by atoms with Gasteiger partial charge in [0, 0.05) is 35.8 Å². The van der Waals surface area contributed by atoms with Crippen molar-refractivity contribution in [2.24, 2.45) is 13.0 Å². The summed E-state index contributed by atoms with van der Waals surface area (Å²) in [5.41, 5.74) is 3.64. The number of pyridine rings is 1. The van der Waals surface area contributed by atoms with Crippen LogP contribution in [0.1, 0.15) is 23.2 Å². The Morgan fingerprint density at radius 2 is 1.91 bits per heavy atom. The van der Waals surface area contributed by atoms with E-state index in [4.69, 9.17) is 0 Å². The lowest BCUT2D eigenvalue weighted by Gasteiger charge is -2.21. The van der Waals surface area contributed by atoms with E-state index in [1.807, 2.05) is 60.9 Å². The number of anilines is 1. The van der Waals surface area contributed by atoms with Crippen molar-refractivity contribution in [2.45, 2.75) is 18.1 Å². The normalized spacial score (nSPS) is 13.7. The third-order valence-electron chi connectivity index (χ3n) is 5.62. The molecule has 1 saturated carbocycles. The fourth-order valence-electron chi connectivity index (χ4n) is 3.82. The number of aromatic amines is 1. The maximum Gasteiger partial charge on any atom is 0.252 e. The summed E-state index contributed by atoms with van der Waals surface area (Å²) >= 11 is 0. The first-order chi connectivity index (χ1) is 16.2. The highest BCUT2D eigenvalue weighted by molar-refractivity contribution is 6.60. The van der Waals surface area contributed by atoms with E-state index in [2.05, 4.69) is 30.7 Å². The number of aromatic nitrogens is 5. The van der Waals surface area contributed by atoms with Gasteiger partial charge in [-0.25, -0.2) is 9.97 Å². The maximum absolute atomic E-state index is 13.0. The topological polar surface area (TPSA) is 118 Å². The van der Waals surface area contributed by atoms with Gasteiger partial charge in [-0.15, -0.1) is 0 Å². The van der Waals surface area contributed by atoms with Crippen LogP contribution in [0.25, 0.3) is 33.5 Å². The summed E-state index contributed by atoms with van der Waals surface area (Å²) in [5.74, 6) is 0.831. The minimum absolute atomic E-state index is 0.0395. The van der Waals surface area contributed by atoms with Gasteiger partial charge < -0.3 is 15.6 Å². The molecule has 0 aliphatic heterocycles. The predicted molar refractivity (Wildman–Crippen MR) is 139 cm³/mol. The molecule has 1 aliphatic carbocycles. The Balaban J connectivity index is 1.59. The van der Waals surface area contributed by atoms with Crippen molar-refractivity contribution in [1.29, 1.82) is 0 Å². The van der Waals surface area contributed by atoms with Crippen molar-refractivity contribution < 1.29 is 9.59 Å². The number of fused-ring (bicyclic) bond motifs is 1. The van der Waals surface area contributed by atoms with Crippen LogP contribution >= 0.6 is 0 Å². The number of hydrogen-bond acceptors (Lipinski definition) is 5. The highest BCUT2D eigenvalue weighted by atomic mass is 16.2. The Kier molecular flexibility index (Phi) is 5.30. The zero-order valence-corrected chi connectivity index (χ0v) is 19.6. The van der Waals surface area contributed by atoms with Crippen molar-refractivity contribution in [3.63, 3.8) is 0 Å². The molecule has 0 saturated heterocycles. The van der Waals surface area contributed by atoms with E-state index < -0.39 is 5.24 Å². The Morgan fingerprint density at radius 1 is 1.15 bits per heavy atom. The second-order valence-corrected chi connectivity index (χ2v) is 9.78. The van der Waals surface area contributed by atoms with Gasteiger partial charge >= 0.3 is 0 Å². The maximum atomic E-state index is 13.0. The van der Waals surface area contributed by atoms with E-state index in [1.54, 1.807) is 11.0 Å². The van der Waals surface area contributed by atoms with Crippen molar-refractivity contribution in [3.05, 3.63) is 48.4 Å². The fourth-order valence-corrected chi connectivity index (χ4v) is 3.82. The average Bonchev–Trinajstić information content (AvgIpc) is 3.39. The number of amides is 2. The van der Waals surface area contributed by atoms with Gasteiger partial charge in [-0.3, -0.25) is 14.3 Å². The molecule has 34 heavy (non-hydrogen) atoms. The van der Waals surface area contributed by atoms with Gasteiger partial charge in [-0.05, 0) is 35.8 Å². The van der Waals surface area contributed by atoms with Crippen LogP contribution in [-0.2, 0) is 11.8 Å². The third-order valence-corrected chi connectivity index (χ3v) is 5.62. The quantitative estimate of drug-likeness (QED) is 0.346. The molecular formula is C22H24B3N7O2. The van der Waals surface area contributed by atoms with Crippen LogP contribution in [0.4, 0.5) is 5.82 Å². The van der Waals surface area contributed by atoms with Gasteiger partial charge in [0.2, 0.25) is 5.91 Å². The molecule has 0 radical (unpaired) electrons. The van der Waals surface area contributed by atoms with Crippen molar-refractivity contribution in [1.82, 2.24) is 30.0 Å². The summed E-state index contributed by atoms with van der Waals surface area (Å²) in [6.07, 6.45) is 4.97. The first-order valence-corrected chi connectivity index (χ1v) is 11.3. The van der Waals surface area contributed by atoms with E-state index in [-0.39, 0.29) is 17.7 Å². The molecule has 5 rings (SSSR count). The third kappa shape index (κ3) is 4.48. The zero-order chi connectivity index (χ0) is 24.0. The van der Waals surface area contributed by atoms with Crippen LogP contribution in [-0.4, -0.2) is 65.3 Å². The lowest BCUT2D eigenvalue weighted by Crippen LogP contribution is -2.50. The lowest BCUT2D eigenvalue weighted by molar-refractivity contribution is -0.117. The number of hydrogen-bond donors (Lipinski definition) is 3. The molecule has 0 bridgehead atoms. The SMILES string of the molecule is BC(B)(B)NC(=O)c1cnc(NC(=O)C2CC2)c2[nH]c(-c3cccc(-c4ncn(C)n4)c3)cc12. The molecule has 9 nitrogen and oxygen atoms in total. The van der Waals surface area contributed by atoms with E-state index in [0.29, 0.717) is 28.1 Å². The second-order valence-electron chi connectivity index (χ2n) is 9.78. The minimum atomic E-state index is -0.397. The molecule has 4 aromatic rings. The molecule has 3 aromatic heterocycles. The Labute approximate surface area is 199 Å². The summed E-state index contributed by atoms with van der Waals surface area (Å²) in [6.45, 7) is 0. The van der Waals surface area contributed by atoms with Crippen LogP contribution < -0.4 is 10.6 Å². The van der Waals surface area contributed by atoms with E-state index >= 15 is 0 Å². The van der Waals surface area contributed by atoms with Gasteiger partial charge in [-0.1, -0.05) is 18.2 Å². The van der Waals surface area contributed by atoms with Gasteiger partial charge in [0.15, 0.2) is 11.6 Å². The van der Waals surface area contributed by atoms with E-state index in [9.17, 15) is 9.59 Å². The predicted octanol–water partition coefficient (Wildman–Crippen LogP) is -0.386. The first kappa shape index (κ1) is 22.0. The first-order valence-electron chi connectivity index (χ1n) is 11.3. The van der Waals surface area contributed by atoms with Crippen LogP contribution in [0.2, 0.25) is 0 Å². The van der Waals surface area contributed by atoms with Gasteiger partial charge in [0.25, 0.3) is 5.91 Å². The highest BCUT2D eigenvalue weighted by Crippen LogP contribution is 2.34. The number of H-pyrrole nitrogens is 1. The Bertz CT molecular complexity index is 1420. The molecular weight excluding hydrogens is 427 g/mol. The van der Waals surface area contributed by atoms with Gasteiger partial charge in [0.05, 0.1) is 11.1 Å². The molecule has 0 atom stereocenters. The van der Waals surface area contributed by atoms with E-state index in [0.717, 1.165) is 29.7 Å². The van der Waals surface area contributed by atoms with Crippen LogP contribution in [0.15, 0.2) is 42.9 Å². The molecule has 1 fully saturated rings. The van der Waals surface area contributed by atoms with E-state index in [1.165, 1.54) is 6.20 Å². The molecule has 2 amide bonds. The largest absolute Gasteiger partial charge is 0.370 e. The van der Waals surface area contributed by atoms with Crippen LogP contribution in [0.3, 0.4) is 0 Å². The van der Waals surface area contributed by atoms with Crippen molar-refractivity contribution >= 4 is 52.1 Å². The van der Waals surface area contributed by atoms with Gasteiger partial charge in [-0.2, -0.15) is 5.10 Å². The summed E-state index contributed by atoms with van der Waals surface area (Å²) in [4.78, 5) is 37.6. The molecule has 1 aromatic carbocycles. The summed E-state index contributed by atoms with van der Waals surface area (Å²) in [6, 6.07) is 9.78. The minimum Gasteiger partial charge on any atom is -0.370 e. The summed E-state index contributed by atoms with van der Waals surface area (Å²) in [7, 11) is 7.62. The molecule has 3 heterocycles. The number of carbonyl (C=O) groups excluding carboxylic acids is 2. The Morgan fingerprint density at radius 3 is 2.59 bits per heavy atom. The molecule has 0 unspecified atom stereocenters. The molecule has 1 aliphatic rings. The summed E-state index contributed by atoms with van der Waals surface area (Å²) in [5, 5.41) is 10.6. The lowest BCUT2D eigenvalue weighted by atomic mass is 9.49. The molecule has 168 valence electrons. The average molecular weight is 451 g/mol. The smallest absolute Gasteiger partial charge is 0.252 e. The zero-order valence-electron chi connectivity index (χ0n) is 19.6. The van der Waals surface area contributed by atoms with Gasteiger partial charge in [0.1, 0.15) is 29.9 Å². The molecule has 12 heteroatoms. The standard InChI is InChI=1S/C22H24B3N7O2/c1-32-10-27-18(31-32)13-4-2-3-12(7-13)16-8-14-15(21(34)30-22(23,24)25)9-26-19(17(14)28-16)29-20(33)11-5-6-11/h2-4,7-11,28H,5-6,23-25H2,1H3,(H,30,34)(H,26,29,33). The fraction of sp³-hybridized carbons (Fsp3) is 0.227. The van der Waals surface area contributed by atoms with Crippen molar-refractivity contribution in [2.75, 3.05) is 5.32 Å². The number of nitrogens with one attached hydrogen (secondary N) is 3. The second kappa shape index (κ2) is 8.20.